The number of benzene rings is 1. The average molecular weight is 220 g/mol. The van der Waals surface area contributed by atoms with Gasteiger partial charge in [-0.15, -0.1) is 0 Å². The maximum atomic E-state index is 12.1. The number of nitrogens with two attached hydrogens (primary N) is 1. The van der Waals surface area contributed by atoms with Gasteiger partial charge in [0.25, 0.3) is 5.91 Å². The van der Waals surface area contributed by atoms with Crippen LogP contribution in [0, 0.1) is 0 Å². The first-order valence-electron chi connectivity index (χ1n) is 5.24. The second-order valence-corrected chi connectivity index (χ2v) is 5.03. The van der Waals surface area contributed by atoms with E-state index in [-0.39, 0.29) is 5.91 Å². The highest BCUT2D eigenvalue weighted by atomic mass is 16.3. The van der Waals surface area contributed by atoms with Crippen LogP contribution in [-0.4, -0.2) is 21.5 Å². The zero-order valence-electron chi connectivity index (χ0n) is 9.69. The largest absolute Gasteiger partial charge is 0.398 e. The number of anilines is 1. The molecule has 3 N–H and O–H groups in total. The highest BCUT2D eigenvalue weighted by Crippen LogP contribution is 2.39. The van der Waals surface area contributed by atoms with Gasteiger partial charge >= 0.3 is 0 Å². The van der Waals surface area contributed by atoms with Gasteiger partial charge in [0, 0.05) is 22.4 Å². The van der Waals surface area contributed by atoms with Crippen molar-refractivity contribution in [3.8, 4) is 0 Å². The molecule has 1 aliphatic rings. The summed E-state index contributed by atoms with van der Waals surface area (Å²) < 4.78 is 0. The third-order valence-electron chi connectivity index (χ3n) is 2.81. The average Bonchev–Trinajstić information content (AvgIpc) is 2.39. The van der Waals surface area contributed by atoms with E-state index in [9.17, 15) is 9.90 Å². The van der Waals surface area contributed by atoms with Crippen LogP contribution in [0.3, 0.4) is 0 Å². The fourth-order valence-corrected chi connectivity index (χ4v) is 2.10. The number of nitrogen functional groups attached to an aromatic ring is 1. The van der Waals surface area contributed by atoms with Crippen molar-refractivity contribution >= 4 is 11.6 Å². The second kappa shape index (κ2) is 3.22. The number of carbonyl (C=O) groups excluding carboxylic acids is 1. The summed E-state index contributed by atoms with van der Waals surface area (Å²) in [5.41, 5.74) is 6.86. The molecule has 0 spiro atoms. The number of hydrogen-bond donors (Lipinski definition) is 2. The van der Waals surface area contributed by atoms with Crippen LogP contribution < -0.4 is 5.73 Å². The fraction of sp³-hybridized carbons (Fsp3) is 0.417. The van der Waals surface area contributed by atoms with Crippen LogP contribution in [0.2, 0.25) is 0 Å². The van der Waals surface area contributed by atoms with Gasteiger partial charge in [0.2, 0.25) is 0 Å². The first-order chi connectivity index (χ1) is 7.34. The number of aliphatic hydroxyl groups is 1. The summed E-state index contributed by atoms with van der Waals surface area (Å²) in [6, 6.07) is 5.12. The third-order valence-corrected chi connectivity index (χ3v) is 2.81. The molecule has 0 aliphatic carbocycles. The Morgan fingerprint density at radius 1 is 1.38 bits per heavy atom. The number of nitrogens with zero attached hydrogens (tertiary/aromatic N) is 1. The van der Waals surface area contributed by atoms with Gasteiger partial charge in [0.05, 0.1) is 0 Å². The smallest absolute Gasteiger partial charge is 0.257 e. The van der Waals surface area contributed by atoms with Crippen molar-refractivity contribution in [2.45, 2.75) is 32.5 Å². The Hall–Kier alpha value is -1.55. The lowest BCUT2D eigenvalue weighted by atomic mass is 10.1. The van der Waals surface area contributed by atoms with Crippen LogP contribution in [0.1, 0.15) is 42.9 Å². The summed E-state index contributed by atoms with van der Waals surface area (Å²) in [5, 5.41) is 10.2. The minimum absolute atomic E-state index is 0.165. The molecule has 1 aliphatic heterocycles. The zero-order valence-corrected chi connectivity index (χ0v) is 9.69. The van der Waals surface area contributed by atoms with Crippen molar-refractivity contribution < 1.29 is 9.90 Å². The second-order valence-electron chi connectivity index (χ2n) is 5.03. The summed E-state index contributed by atoms with van der Waals surface area (Å²) in [4.78, 5) is 13.6. The lowest BCUT2D eigenvalue weighted by Gasteiger charge is -2.34. The van der Waals surface area contributed by atoms with Crippen molar-refractivity contribution in [1.82, 2.24) is 4.90 Å². The zero-order chi connectivity index (χ0) is 12.1. The van der Waals surface area contributed by atoms with Crippen LogP contribution >= 0.6 is 0 Å². The number of amides is 1. The van der Waals surface area contributed by atoms with Crippen LogP contribution in [-0.2, 0) is 0 Å². The van der Waals surface area contributed by atoms with E-state index in [1.165, 1.54) is 4.90 Å². The summed E-state index contributed by atoms with van der Waals surface area (Å²) in [6.45, 7) is 5.66. The van der Waals surface area contributed by atoms with Crippen molar-refractivity contribution in [2.24, 2.45) is 0 Å². The van der Waals surface area contributed by atoms with Gasteiger partial charge in [-0.25, -0.2) is 0 Å². The molecule has 0 aromatic heterocycles. The summed E-state index contributed by atoms with van der Waals surface area (Å²) >= 11 is 0. The predicted octanol–water partition coefficient (Wildman–Crippen LogP) is 1.51. The molecule has 0 saturated carbocycles. The molecule has 16 heavy (non-hydrogen) atoms. The quantitative estimate of drug-likeness (QED) is 0.651. The van der Waals surface area contributed by atoms with Crippen molar-refractivity contribution in [3.05, 3.63) is 29.3 Å². The molecule has 0 saturated heterocycles. The number of fused-ring (bicyclic) bond motifs is 1. The molecule has 1 heterocycles. The Morgan fingerprint density at radius 3 is 2.50 bits per heavy atom. The number of hydrogen-bond acceptors (Lipinski definition) is 3. The first kappa shape index (κ1) is 11.0. The Morgan fingerprint density at radius 2 is 2.00 bits per heavy atom. The maximum absolute atomic E-state index is 12.1. The topological polar surface area (TPSA) is 66.6 Å². The van der Waals surface area contributed by atoms with E-state index in [1.807, 2.05) is 20.8 Å². The normalized spacial score (nSPS) is 20.1. The molecule has 4 heteroatoms. The molecule has 0 radical (unpaired) electrons. The highest BCUT2D eigenvalue weighted by Gasteiger charge is 2.42. The number of aliphatic hydroxyl groups excluding tert-OH is 1. The van der Waals surface area contributed by atoms with E-state index < -0.39 is 11.8 Å². The Balaban J connectivity index is 2.57. The lowest BCUT2D eigenvalue weighted by molar-refractivity contribution is -0.0225. The van der Waals surface area contributed by atoms with E-state index in [2.05, 4.69) is 0 Å². The van der Waals surface area contributed by atoms with Gasteiger partial charge in [-0.05, 0) is 32.9 Å². The lowest BCUT2D eigenvalue weighted by Crippen LogP contribution is -2.43. The molecular formula is C12H16N2O2. The van der Waals surface area contributed by atoms with Gasteiger partial charge < -0.3 is 15.7 Å². The fourth-order valence-electron chi connectivity index (χ4n) is 2.10. The Bertz CT molecular complexity index is 449. The molecule has 0 fully saturated rings. The molecule has 4 nitrogen and oxygen atoms in total. The van der Waals surface area contributed by atoms with E-state index in [1.54, 1.807) is 18.2 Å². The van der Waals surface area contributed by atoms with Crippen molar-refractivity contribution in [3.63, 3.8) is 0 Å². The summed E-state index contributed by atoms with van der Waals surface area (Å²) in [7, 11) is 0. The molecule has 1 aromatic carbocycles. The van der Waals surface area contributed by atoms with Crippen molar-refractivity contribution in [1.29, 1.82) is 0 Å². The molecule has 1 aromatic rings. The van der Waals surface area contributed by atoms with Crippen LogP contribution in [0.25, 0.3) is 0 Å². The van der Waals surface area contributed by atoms with Crippen molar-refractivity contribution in [2.75, 3.05) is 5.73 Å². The van der Waals surface area contributed by atoms with E-state index >= 15 is 0 Å². The van der Waals surface area contributed by atoms with Crippen LogP contribution in [0.15, 0.2) is 18.2 Å². The van der Waals surface area contributed by atoms with E-state index in [0.717, 1.165) is 0 Å². The molecule has 2 rings (SSSR count). The standard InChI is InChI=1S/C12H16N2O2/c1-12(2,3)14-10(15)7-5-4-6-8(13)9(7)11(14)16/h4-6,11,16H,13H2,1-3H3. The van der Waals surface area contributed by atoms with Gasteiger partial charge in [-0.1, -0.05) is 6.07 Å². The van der Waals surface area contributed by atoms with Gasteiger partial charge in [0.15, 0.2) is 6.23 Å². The van der Waals surface area contributed by atoms with Gasteiger partial charge in [-0.3, -0.25) is 4.79 Å². The SMILES string of the molecule is CC(C)(C)N1C(=O)c2cccc(N)c2C1O. The monoisotopic (exact) mass is 220 g/mol. The maximum Gasteiger partial charge on any atom is 0.257 e. The molecular weight excluding hydrogens is 204 g/mol. The van der Waals surface area contributed by atoms with Crippen LogP contribution in [0.4, 0.5) is 5.69 Å². The highest BCUT2D eigenvalue weighted by molar-refractivity contribution is 6.00. The number of rotatable bonds is 0. The Kier molecular flexibility index (Phi) is 2.20. The van der Waals surface area contributed by atoms with Crippen LogP contribution in [0.5, 0.6) is 0 Å². The summed E-state index contributed by atoms with van der Waals surface area (Å²) in [6.07, 6.45) is -0.941. The number of carbonyl (C=O) groups is 1. The van der Waals surface area contributed by atoms with E-state index in [0.29, 0.717) is 16.8 Å². The minimum atomic E-state index is -0.941. The van der Waals surface area contributed by atoms with Gasteiger partial charge in [0.1, 0.15) is 0 Å². The third kappa shape index (κ3) is 1.38. The molecule has 1 amide bonds. The van der Waals surface area contributed by atoms with Gasteiger partial charge in [-0.2, -0.15) is 0 Å². The molecule has 86 valence electrons. The molecule has 0 bridgehead atoms. The first-order valence-corrected chi connectivity index (χ1v) is 5.24. The summed E-state index contributed by atoms with van der Waals surface area (Å²) in [5.74, 6) is -0.165. The Labute approximate surface area is 94.7 Å². The predicted molar refractivity (Wildman–Crippen MR) is 61.7 cm³/mol. The molecule has 1 unspecified atom stereocenters. The van der Waals surface area contributed by atoms with E-state index in [4.69, 9.17) is 5.73 Å². The molecule has 1 atom stereocenters. The minimum Gasteiger partial charge on any atom is -0.398 e.